The van der Waals surface area contributed by atoms with Gasteiger partial charge < -0.3 is 14.6 Å². The van der Waals surface area contributed by atoms with Crippen LogP contribution in [0.2, 0.25) is 0 Å². The molecule has 0 aromatic carbocycles. The molecule has 2 heterocycles. The fraction of sp³-hybridized carbons (Fsp3) is 0.500. The average molecular weight is 237 g/mol. The van der Waals surface area contributed by atoms with Crippen LogP contribution in [0.1, 0.15) is 36.3 Å². The molecule has 0 saturated heterocycles. The molecule has 5 heteroatoms. The van der Waals surface area contributed by atoms with Gasteiger partial charge in [0.1, 0.15) is 5.75 Å². The first-order valence-electron chi connectivity index (χ1n) is 5.58. The van der Waals surface area contributed by atoms with Gasteiger partial charge in [-0.3, -0.25) is 4.98 Å². The number of aryl methyl sites for hydroxylation is 1. The minimum absolute atomic E-state index is 0.0466. The van der Waals surface area contributed by atoms with Gasteiger partial charge in [-0.2, -0.15) is 0 Å². The number of hydrogen-bond acceptors (Lipinski definition) is 4. The predicted molar refractivity (Wildman–Crippen MR) is 59.9 cm³/mol. The van der Waals surface area contributed by atoms with Gasteiger partial charge in [0.25, 0.3) is 0 Å². The lowest BCUT2D eigenvalue weighted by molar-refractivity contribution is -0.139. The maximum atomic E-state index is 10.5. The van der Waals surface area contributed by atoms with Gasteiger partial charge in [-0.05, 0) is 13.3 Å². The zero-order valence-electron chi connectivity index (χ0n) is 9.90. The van der Waals surface area contributed by atoms with Gasteiger partial charge in [-0.15, -0.1) is 0 Å². The lowest BCUT2D eigenvalue weighted by atomic mass is 10.0. The normalized spacial score (nSPS) is 17.9. The lowest BCUT2D eigenvalue weighted by Crippen LogP contribution is -2.12. The maximum Gasteiger partial charge on any atom is 0.341 e. The van der Waals surface area contributed by atoms with Gasteiger partial charge in [0.2, 0.25) is 0 Å². The van der Waals surface area contributed by atoms with E-state index in [9.17, 15) is 4.79 Å². The molecule has 1 aromatic heterocycles. The van der Waals surface area contributed by atoms with Crippen LogP contribution in [0.15, 0.2) is 6.20 Å². The molecule has 0 radical (unpaired) electrons. The summed E-state index contributed by atoms with van der Waals surface area (Å²) in [6, 6.07) is 0. The monoisotopic (exact) mass is 237 g/mol. The van der Waals surface area contributed by atoms with Crippen molar-refractivity contribution in [1.82, 2.24) is 4.98 Å². The Morgan fingerprint density at radius 2 is 2.47 bits per heavy atom. The first-order chi connectivity index (χ1) is 8.13. The Bertz CT molecular complexity index is 444. The molecule has 0 fully saturated rings. The van der Waals surface area contributed by atoms with Crippen LogP contribution < -0.4 is 4.74 Å². The molecule has 17 heavy (non-hydrogen) atoms. The molecule has 92 valence electrons. The zero-order valence-corrected chi connectivity index (χ0v) is 9.90. The number of rotatable bonds is 4. The van der Waals surface area contributed by atoms with Crippen LogP contribution in [0.25, 0.3) is 0 Å². The SMILES string of the molecule is CCC1OCc2c1cnc(C)c2OCC(=O)O. The zero-order chi connectivity index (χ0) is 12.4. The Morgan fingerprint density at radius 3 is 3.12 bits per heavy atom. The Kier molecular flexibility index (Phi) is 3.28. The third-order valence-electron chi connectivity index (χ3n) is 2.83. The van der Waals surface area contributed by atoms with E-state index in [2.05, 4.69) is 4.98 Å². The molecular formula is C12H15NO4. The van der Waals surface area contributed by atoms with Gasteiger partial charge >= 0.3 is 5.97 Å². The molecule has 1 unspecified atom stereocenters. The number of nitrogens with zero attached hydrogens (tertiary/aromatic N) is 1. The van der Waals surface area contributed by atoms with Crippen LogP contribution in [0.5, 0.6) is 5.75 Å². The summed E-state index contributed by atoms with van der Waals surface area (Å²) in [7, 11) is 0. The number of ether oxygens (including phenoxy) is 2. The first-order valence-corrected chi connectivity index (χ1v) is 5.58. The fourth-order valence-corrected chi connectivity index (χ4v) is 2.02. The van der Waals surface area contributed by atoms with Gasteiger partial charge in [0.15, 0.2) is 6.61 Å². The van der Waals surface area contributed by atoms with Crippen LogP contribution in [0.4, 0.5) is 0 Å². The topological polar surface area (TPSA) is 68.7 Å². The summed E-state index contributed by atoms with van der Waals surface area (Å²) in [6.45, 7) is 3.95. The average Bonchev–Trinajstić information content (AvgIpc) is 2.70. The summed E-state index contributed by atoms with van der Waals surface area (Å²) in [5, 5.41) is 8.64. The highest BCUT2D eigenvalue weighted by atomic mass is 16.5. The van der Waals surface area contributed by atoms with Crippen LogP contribution in [-0.2, 0) is 16.1 Å². The van der Waals surface area contributed by atoms with Crippen LogP contribution in [-0.4, -0.2) is 22.7 Å². The van der Waals surface area contributed by atoms with Gasteiger partial charge in [-0.25, -0.2) is 4.79 Å². The molecule has 0 saturated carbocycles. The predicted octanol–water partition coefficient (Wildman–Crippen LogP) is 1.83. The van der Waals surface area contributed by atoms with Crippen molar-refractivity contribution in [2.24, 2.45) is 0 Å². The molecule has 1 N–H and O–H groups in total. The van der Waals surface area contributed by atoms with E-state index in [1.54, 1.807) is 13.1 Å². The summed E-state index contributed by atoms with van der Waals surface area (Å²) < 4.78 is 10.9. The summed E-state index contributed by atoms with van der Waals surface area (Å²) in [5.41, 5.74) is 2.65. The summed E-state index contributed by atoms with van der Waals surface area (Å²) in [5.74, 6) is -0.436. The molecule has 0 amide bonds. The highest BCUT2D eigenvalue weighted by Gasteiger charge is 2.26. The number of carboxylic acid groups (broad SMARTS) is 1. The summed E-state index contributed by atoms with van der Waals surface area (Å²) >= 11 is 0. The number of carbonyl (C=O) groups is 1. The molecule has 1 aliphatic heterocycles. The van der Waals surface area contributed by atoms with E-state index >= 15 is 0 Å². The van der Waals surface area contributed by atoms with E-state index in [1.807, 2.05) is 6.92 Å². The molecule has 1 atom stereocenters. The third-order valence-corrected chi connectivity index (χ3v) is 2.83. The van der Waals surface area contributed by atoms with E-state index in [-0.39, 0.29) is 12.7 Å². The van der Waals surface area contributed by atoms with E-state index < -0.39 is 5.97 Å². The van der Waals surface area contributed by atoms with Crippen molar-refractivity contribution in [1.29, 1.82) is 0 Å². The second-order valence-electron chi connectivity index (χ2n) is 4.00. The Balaban J connectivity index is 2.32. The quantitative estimate of drug-likeness (QED) is 0.865. The first kappa shape index (κ1) is 11.9. The van der Waals surface area contributed by atoms with Crippen molar-refractivity contribution in [3.63, 3.8) is 0 Å². The molecular weight excluding hydrogens is 222 g/mol. The second-order valence-corrected chi connectivity index (χ2v) is 4.00. The van der Waals surface area contributed by atoms with E-state index in [0.717, 1.165) is 17.5 Å². The van der Waals surface area contributed by atoms with Crippen LogP contribution in [0, 0.1) is 6.92 Å². The van der Waals surface area contributed by atoms with E-state index in [1.165, 1.54) is 0 Å². The minimum Gasteiger partial charge on any atom is -0.480 e. The highest BCUT2D eigenvalue weighted by molar-refractivity contribution is 5.68. The largest absolute Gasteiger partial charge is 0.480 e. The summed E-state index contributed by atoms with van der Waals surface area (Å²) in [4.78, 5) is 14.8. The van der Waals surface area contributed by atoms with Gasteiger partial charge in [-0.1, -0.05) is 6.92 Å². The van der Waals surface area contributed by atoms with Gasteiger partial charge in [0.05, 0.1) is 18.4 Å². The third kappa shape index (κ3) is 2.24. The van der Waals surface area contributed by atoms with Crippen molar-refractivity contribution in [2.45, 2.75) is 33.0 Å². The molecule has 0 spiro atoms. The molecule has 5 nitrogen and oxygen atoms in total. The molecule has 1 aromatic rings. The van der Waals surface area contributed by atoms with E-state index in [4.69, 9.17) is 14.6 Å². The Labute approximate surface area is 99.4 Å². The smallest absolute Gasteiger partial charge is 0.341 e. The number of hydrogen-bond donors (Lipinski definition) is 1. The minimum atomic E-state index is -0.993. The summed E-state index contributed by atoms with van der Waals surface area (Å²) in [6.07, 6.45) is 2.71. The molecule has 0 bridgehead atoms. The van der Waals surface area contributed by atoms with Crippen LogP contribution in [0.3, 0.4) is 0 Å². The molecule has 0 aliphatic carbocycles. The van der Waals surface area contributed by atoms with Crippen LogP contribution >= 0.6 is 0 Å². The van der Waals surface area contributed by atoms with Crippen molar-refractivity contribution in [3.8, 4) is 5.75 Å². The number of carboxylic acids is 1. The van der Waals surface area contributed by atoms with Gasteiger partial charge in [0, 0.05) is 17.3 Å². The molecule has 1 aliphatic rings. The fourth-order valence-electron chi connectivity index (χ4n) is 2.02. The number of fused-ring (bicyclic) bond motifs is 1. The molecule has 2 rings (SSSR count). The van der Waals surface area contributed by atoms with E-state index in [0.29, 0.717) is 18.1 Å². The van der Waals surface area contributed by atoms with Crippen molar-refractivity contribution >= 4 is 5.97 Å². The van der Waals surface area contributed by atoms with Crippen molar-refractivity contribution in [3.05, 3.63) is 23.0 Å². The standard InChI is InChI=1S/C12H15NO4/c1-3-10-8-4-13-7(2)12(9(8)5-16-10)17-6-11(14)15/h4,10H,3,5-6H2,1-2H3,(H,14,15). The Hall–Kier alpha value is -1.62. The lowest BCUT2D eigenvalue weighted by Gasteiger charge is -2.11. The number of pyridine rings is 1. The second kappa shape index (κ2) is 4.71. The van der Waals surface area contributed by atoms with Crippen molar-refractivity contribution < 1.29 is 19.4 Å². The Morgan fingerprint density at radius 1 is 1.71 bits per heavy atom. The highest BCUT2D eigenvalue weighted by Crippen LogP contribution is 2.38. The maximum absolute atomic E-state index is 10.5. The van der Waals surface area contributed by atoms with Crippen molar-refractivity contribution in [2.75, 3.05) is 6.61 Å². The number of aromatic nitrogens is 1. The number of aliphatic carboxylic acids is 1.